The number of carbonyl (C=O) groups is 1. The molecule has 112 valence electrons. The number of nitrogens with one attached hydrogen (secondary N) is 1. The molecule has 1 aromatic heterocycles. The predicted octanol–water partition coefficient (Wildman–Crippen LogP) is 2.79. The summed E-state index contributed by atoms with van der Waals surface area (Å²) < 4.78 is 10.4. The van der Waals surface area contributed by atoms with Gasteiger partial charge in [0.2, 0.25) is 11.0 Å². The molecular formula is C13H14ClN3O3S. The zero-order chi connectivity index (χ0) is 15.2. The second kappa shape index (κ2) is 7.24. The number of alkyl halides is 1. The van der Waals surface area contributed by atoms with Crippen LogP contribution in [0.4, 0.5) is 5.13 Å². The maximum atomic E-state index is 11.4. The van der Waals surface area contributed by atoms with Crippen LogP contribution in [-0.4, -0.2) is 36.2 Å². The van der Waals surface area contributed by atoms with E-state index in [4.69, 9.17) is 21.1 Å². The van der Waals surface area contributed by atoms with Crippen LogP contribution in [0.3, 0.4) is 0 Å². The number of carbonyl (C=O) groups excluding carboxylic acids is 1. The molecule has 0 unspecified atom stereocenters. The molecule has 0 aliphatic rings. The number of methoxy groups -OCH3 is 2. The van der Waals surface area contributed by atoms with E-state index in [0.717, 1.165) is 5.56 Å². The summed E-state index contributed by atoms with van der Waals surface area (Å²) in [5.41, 5.74) is 0.836. The number of nitrogens with zero attached hydrogens (tertiary/aromatic N) is 2. The van der Waals surface area contributed by atoms with Crippen LogP contribution in [0, 0.1) is 0 Å². The molecule has 0 aliphatic carbocycles. The van der Waals surface area contributed by atoms with Crippen molar-refractivity contribution in [2.45, 2.75) is 6.42 Å². The van der Waals surface area contributed by atoms with Gasteiger partial charge in [-0.05, 0) is 18.2 Å². The van der Waals surface area contributed by atoms with E-state index < -0.39 is 0 Å². The highest BCUT2D eigenvalue weighted by Gasteiger charge is 2.12. The molecule has 2 aromatic rings. The molecule has 0 spiro atoms. The van der Waals surface area contributed by atoms with Crippen LogP contribution in [0.15, 0.2) is 18.2 Å². The molecule has 0 bridgehead atoms. The SMILES string of the molecule is COc1ccc(-c2nnc(NC(=O)CCCl)s2)cc1OC. The van der Waals surface area contributed by atoms with Crippen LogP contribution >= 0.6 is 22.9 Å². The zero-order valence-electron chi connectivity index (χ0n) is 11.6. The Morgan fingerprint density at radius 3 is 2.71 bits per heavy atom. The lowest BCUT2D eigenvalue weighted by Gasteiger charge is -2.07. The Morgan fingerprint density at radius 2 is 2.05 bits per heavy atom. The number of ether oxygens (including phenoxy) is 2. The summed E-state index contributed by atoms with van der Waals surface area (Å²) in [6.07, 6.45) is 0.243. The topological polar surface area (TPSA) is 73.3 Å². The van der Waals surface area contributed by atoms with E-state index in [9.17, 15) is 4.79 Å². The average molecular weight is 328 g/mol. The van der Waals surface area contributed by atoms with Crippen LogP contribution in [0.2, 0.25) is 0 Å². The van der Waals surface area contributed by atoms with E-state index in [0.29, 0.717) is 21.6 Å². The van der Waals surface area contributed by atoms with Crippen molar-refractivity contribution in [1.82, 2.24) is 10.2 Å². The van der Waals surface area contributed by atoms with Gasteiger partial charge in [-0.2, -0.15) is 0 Å². The molecule has 0 atom stereocenters. The molecule has 1 amide bonds. The lowest BCUT2D eigenvalue weighted by atomic mass is 10.2. The van der Waals surface area contributed by atoms with Crippen LogP contribution in [0.5, 0.6) is 11.5 Å². The largest absolute Gasteiger partial charge is 0.493 e. The Labute approximate surface area is 131 Å². The van der Waals surface area contributed by atoms with Gasteiger partial charge >= 0.3 is 0 Å². The fourth-order valence-electron chi connectivity index (χ4n) is 1.63. The van der Waals surface area contributed by atoms with Gasteiger partial charge in [0.05, 0.1) is 14.2 Å². The number of aromatic nitrogens is 2. The van der Waals surface area contributed by atoms with E-state index in [-0.39, 0.29) is 18.2 Å². The van der Waals surface area contributed by atoms with Crippen LogP contribution < -0.4 is 14.8 Å². The third-order valence-corrected chi connectivity index (χ3v) is 3.70. The van der Waals surface area contributed by atoms with E-state index in [1.165, 1.54) is 11.3 Å². The average Bonchev–Trinajstić information content (AvgIpc) is 2.95. The summed E-state index contributed by atoms with van der Waals surface area (Å²) in [6.45, 7) is 0. The lowest BCUT2D eigenvalue weighted by Crippen LogP contribution is -2.11. The van der Waals surface area contributed by atoms with Crippen molar-refractivity contribution < 1.29 is 14.3 Å². The number of anilines is 1. The summed E-state index contributed by atoms with van der Waals surface area (Å²) in [5, 5.41) is 11.8. The van der Waals surface area contributed by atoms with E-state index >= 15 is 0 Å². The molecular weight excluding hydrogens is 314 g/mol. The van der Waals surface area contributed by atoms with Gasteiger partial charge in [0.1, 0.15) is 5.01 Å². The zero-order valence-corrected chi connectivity index (χ0v) is 13.1. The Balaban J connectivity index is 2.19. The summed E-state index contributed by atoms with van der Waals surface area (Å²) in [7, 11) is 3.15. The van der Waals surface area contributed by atoms with Crippen LogP contribution in [0.1, 0.15) is 6.42 Å². The minimum Gasteiger partial charge on any atom is -0.493 e. The van der Waals surface area contributed by atoms with Crippen molar-refractivity contribution in [1.29, 1.82) is 0 Å². The molecule has 0 aliphatic heterocycles. The molecule has 0 fully saturated rings. The fraction of sp³-hybridized carbons (Fsp3) is 0.308. The maximum Gasteiger partial charge on any atom is 0.227 e. The number of benzene rings is 1. The minimum absolute atomic E-state index is 0.181. The highest BCUT2D eigenvalue weighted by Crippen LogP contribution is 2.34. The monoisotopic (exact) mass is 327 g/mol. The third kappa shape index (κ3) is 3.83. The summed E-state index contributed by atoms with van der Waals surface area (Å²) in [6, 6.07) is 5.46. The van der Waals surface area contributed by atoms with Gasteiger partial charge in [0.15, 0.2) is 11.5 Å². The first kappa shape index (κ1) is 15.5. The Bertz CT molecular complexity index is 633. The van der Waals surface area contributed by atoms with Crippen LogP contribution in [0.25, 0.3) is 10.6 Å². The molecule has 21 heavy (non-hydrogen) atoms. The molecule has 1 aromatic carbocycles. The van der Waals surface area contributed by atoms with Gasteiger partial charge < -0.3 is 14.8 Å². The van der Waals surface area contributed by atoms with Crippen molar-refractivity contribution >= 4 is 34.0 Å². The number of rotatable bonds is 6. The Hall–Kier alpha value is -1.86. The van der Waals surface area contributed by atoms with E-state index in [1.807, 2.05) is 12.1 Å². The van der Waals surface area contributed by atoms with Crippen molar-refractivity contribution in [2.75, 3.05) is 25.4 Å². The Morgan fingerprint density at radius 1 is 1.29 bits per heavy atom. The molecule has 1 N–H and O–H groups in total. The van der Waals surface area contributed by atoms with Gasteiger partial charge in [-0.15, -0.1) is 21.8 Å². The quantitative estimate of drug-likeness (QED) is 0.826. The lowest BCUT2D eigenvalue weighted by molar-refractivity contribution is -0.115. The summed E-state index contributed by atoms with van der Waals surface area (Å²) >= 11 is 6.79. The normalized spacial score (nSPS) is 10.2. The van der Waals surface area contributed by atoms with Gasteiger partial charge in [0, 0.05) is 17.9 Å². The predicted molar refractivity (Wildman–Crippen MR) is 82.4 cm³/mol. The third-order valence-electron chi connectivity index (χ3n) is 2.62. The highest BCUT2D eigenvalue weighted by molar-refractivity contribution is 7.18. The fourth-order valence-corrected chi connectivity index (χ4v) is 2.56. The van der Waals surface area contributed by atoms with Crippen LogP contribution in [-0.2, 0) is 4.79 Å². The van der Waals surface area contributed by atoms with E-state index in [1.54, 1.807) is 20.3 Å². The molecule has 0 saturated carbocycles. The summed E-state index contributed by atoms with van der Waals surface area (Å²) in [5.74, 6) is 1.34. The van der Waals surface area contributed by atoms with Crippen molar-refractivity contribution in [3.63, 3.8) is 0 Å². The first-order valence-electron chi connectivity index (χ1n) is 6.09. The molecule has 0 saturated heterocycles. The second-order valence-corrected chi connectivity index (χ2v) is 5.32. The molecule has 6 nitrogen and oxygen atoms in total. The number of amides is 1. The smallest absolute Gasteiger partial charge is 0.227 e. The molecule has 2 rings (SSSR count). The standard InChI is InChI=1S/C13H14ClN3O3S/c1-19-9-4-3-8(7-10(9)20-2)12-16-17-13(21-12)15-11(18)5-6-14/h3-4,7H,5-6H2,1-2H3,(H,15,17,18). The van der Waals surface area contributed by atoms with Gasteiger partial charge in [0.25, 0.3) is 0 Å². The first-order chi connectivity index (χ1) is 10.2. The number of hydrogen-bond acceptors (Lipinski definition) is 6. The first-order valence-corrected chi connectivity index (χ1v) is 7.44. The van der Waals surface area contributed by atoms with Crippen molar-refractivity contribution in [3.8, 4) is 22.1 Å². The summed E-state index contributed by atoms with van der Waals surface area (Å²) in [4.78, 5) is 11.4. The number of hydrogen-bond donors (Lipinski definition) is 1. The number of halogens is 1. The molecule has 1 heterocycles. The minimum atomic E-state index is -0.181. The van der Waals surface area contributed by atoms with Crippen molar-refractivity contribution in [3.05, 3.63) is 18.2 Å². The van der Waals surface area contributed by atoms with Gasteiger partial charge in [-0.1, -0.05) is 11.3 Å². The molecule has 0 radical (unpaired) electrons. The Kier molecular flexibility index (Phi) is 5.35. The highest BCUT2D eigenvalue weighted by atomic mass is 35.5. The maximum absolute atomic E-state index is 11.4. The second-order valence-electron chi connectivity index (χ2n) is 3.97. The van der Waals surface area contributed by atoms with E-state index in [2.05, 4.69) is 15.5 Å². The van der Waals surface area contributed by atoms with Crippen molar-refractivity contribution in [2.24, 2.45) is 0 Å². The van der Waals surface area contributed by atoms with Gasteiger partial charge in [-0.25, -0.2) is 0 Å². The van der Waals surface area contributed by atoms with Gasteiger partial charge in [-0.3, -0.25) is 4.79 Å². The molecule has 8 heteroatoms.